The van der Waals surface area contributed by atoms with Gasteiger partial charge in [-0.25, -0.2) is 4.79 Å². The third-order valence-corrected chi connectivity index (χ3v) is 3.67. The van der Waals surface area contributed by atoms with Crippen LogP contribution < -0.4 is 11.2 Å². The molecule has 1 aliphatic rings. The van der Waals surface area contributed by atoms with E-state index >= 15 is 0 Å². The van der Waals surface area contributed by atoms with Crippen LogP contribution in [0.4, 0.5) is 0 Å². The van der Waals surface area contributed by atoms with Gasteiger partial charge in [-0.2, -0.15) is 0 Å². The second kappa shape index (κ2) is 8.09. The molecule has 1 aromatic heterocycles. The summed E-state index contributed by atoms with van der Waals surface area (Å²) in [6.07, 6.45) is 3.73. The Bertz CT molecular complexity index is 637. The smallest absolute Gasteiger partial charge is 0.330 e. The number of unbranched alkanes of at least 4 members (excludes halogenated alkanes) is 2. The third-order valence-electron chi connectivity index (χ3n) is 3.67. The Kier molecular flexibility index (Phi) is 6.14. The van der Waals surface area contributed by atoms with Crippen molar-refractivity contribution >= 4 is 0 Å². The quantitative estimate of drug-likeness (QED) is 0.475. The van der Waals surface area contributed by atoms with Crippen LogP contribution in [0.5, 0.6) is 0 Å². The first-order chi connectivity index (χ1) is 11.1. The molecule has 0 bridgehead atoms. The van der Waals surface area contributed by atoms with Crippen LogP contribution in [-0.2, 0) is 9.47 Å². The van der Waals surface area contributed by atoms with Gasteiger partial charge in [-0.05, 0) is 18.9 Å². The molecule has 1 aromatic rings. The SMILES string of the molecule is CCCCC=COC1C(O)[C@@H](n2ccc(=O)[nH]c2=O)O[C@H]1CO. The van der Waals surface area contributed by atoms with E-state index in [1.165, 1.54) is 12.5 Å². The maximum absolute atomic E-state index is 11.8. The van der Waals surface area contributed by atoms with E-state index in [0.29, 0.717) is 0 Å². The largest absolute Gasteiger partial charge is 0.493 e. The van der Waals surface area contributed by atoms with Crippen LogP contribution >= 0.6 is 0 Å². The zero-order chi connectivity index (χ0) is 16.8. The molecule has 128 valence electrons. The first kappa shape index (κ1) is 17.5. The lowest BCUT2D eigenvalue weighted by Crippen LogP contribution is -2.38. The number of rotatable bonds is 7. The van der Waals surface area contributed by atoms with Crippen molar-refractivity contribution in [2.45, 2.75) is 50.7 Å². The highest BCUT2D eigenvalue weighted by Gasteiger charge is 2.46. The molecule has 0 spiro atoms. The molecular formula is C15H22N2O6. The van der Waals surface area contributed by atoms with Gasteiger partial charge in [0, 0.05) is 12.3 Å². The van der Waals surface area contributed by atoms with Gasteiger partial charge in [-0.15, -0.1) is 0 Å². The van der Waals surface area contributed by atoms with E-state index in [4.69, 9.17) is 9.47 Å². The van der Waals surface area contributed by atoms with Crippen LogP contribution in [0.3, 0.4) is 0 Å². The summed E-state index contributed by atoms with van der Waals surface area (Å²) in [6.45, 7) is 1.72. The zero-order valence-electron chi connectivity index (χ0n) is 12.9. The number of aliphatic hydroxyl groups is 2. The molecule has 0 amide bonds. The van der Waals surface area contributed by atoms with Gasteiger partial charge in [-0.1, -0.05) is 13.3 Å². The number of aromatic nitrogens is 2. The Hall–Kier alpha value is -1.90. The van der Waals surface area contributed by atoms with Gasteiger partial charge in [0.15, 0.2) is 12.3 Å². The van der Waals surface area contributed by atoms with E-state index in [2.05, 4.69) is 11.9 Å². The lowest BCUT2D eigenvalue weighted by Gasteiger charge is -2.19. The van der Waals surface area contributed by atoms with Crippen LogP contribution in [0.25, 0.3) is 0 Å². The van der Waals surface area contributed by atoms with Crippen LogP contribution in [0.15, 0.2) is 34.2 Å². The number of allylic oxidation sites excluding steroid dienone is 1. The Balaban J connectivity index is 2.11. The van der Waals surface area contributed by atoms with E-state index in [-0.39, 0.29) is 6.61 Å². The molecule has 0 aliphatic carbocycles. The number of aliphatic hydroxyl groups excluding tert-OH is 2. The zero-order valence-corrected chi connectivity index (χ0v) is 12.9. The van der Waals surface area contributed by atoms with Crippen LogP contribution in [0.2, 0.25) is 0 Å². The normalized spacial score (nSPS) is 27.6. The van der Waals surface area contributed by atoms with Crippen molar-refractivity contribution in [3.05, 3.63) is 45.4 Å². The monoisotopic (exact) mass is 326 g/mol. The second-order valence-electron chi connectivity index (χ2n) is 5.37. The molecule has 2 rings (SSSR count). The fourth-order valence-electron chi connectivity index (χ4n) is 2.43. The van der Waals surface area contributed by atoms with Gasteiger partial charge < -0.3 is 19.7 Å². The molecule has 2 heterocycles. The van der Waals surface area contributed by atoms with Gasteiger partial charge >= 0.3 is 5.69 Å². The van der Waals surface area contributed by atoms with Crippen LogP contribution in [0, 0.1) is 0 Å². The molecule has 23 heavy (non-hydrogen) atoms. The van der Waals surface area contributed by atoms with Gasteiger partial charge in [-0.3, -0.25) is 14.3 Å². The van der Waals surface area contributed by atoms with Gasteiger partial charge in [0.25, 0.3) is 5.56 Å². The standard InChI is InChI=1S/C15H22N2O6/c1-2-3-4-5-8-22-13-10(9-18)23-14(12(13)20)17-7-6-11(19)16-15(17)21/h5-8,10,12-14,18,20H,2-4,9H2,1H3,(H,16,19,21)/t10-,12?,13?,14-/m0/s1. The summed E-state index contributed by atoms with van der Waals surface area (Å²) in [6, 6.07) is 1.16. The summed E-state index contributed by atoms with van der Waals surface area (Å²) in [4.78, 5) is 25.0. The summed E-state index contributed by atoms with van der Waals surface area (Å²) in [5, 5.41) is 19.7. The van der Waals surface area contributed by atoms with E-state index in [9.17, 15) is 19.8 Å². The average Bonchev–Trinajstić information content (AvgIpc) is 2.84. The minimum Gasteiger partial charge on any atom is -0.493 e. The molecule has 4 atom stereocenters. The summed E-state index contributed by atoms with van der Waals surface area (Å²) >= 11 is 0. The molecule has 1 fully saturated rings. The van der Waals surface area contributed by atoms with Crippen molar-refractivity contribution in [2.75, 3.05) is 6.61 Å². The van der Waals surface area contributed by atoms with Crippen molar-refractivity contribution in [1.29, 1.82) is 0 Å². The summed E-state index contributed by atoms with van der Waals surface area (Å²) < 4.78 is 12.0. The minimum absolute atomic E-state index is 0.362. The molecule has 8 nitrogen and oxygen atoms in total. The summed E-state index contributed by atoms with van der Waals surface area (Å²) in [5.41, 5.74) is -1.23. The van der Waals surface area contributed by atoms with Crippen LogP contribution in [0.1, 0.15) is 32.4 Å². The molecular weight excluding hydrogens is 304 g/mol. The predicted molar refractivity (Wildman–Crippen MR) is 81.9 cm³/mol. The second-order valence-corrected chi connectivity index (χ2v) is 5.37. The van der Waals surface area contributed by atoms with Crippen LogP contribution in [-0.4, -0.2) is 44.7 Å². The first-order valence-electron chi connectivity index (χ1n) is 7.64. The Morgan fingerprint density at radius 2 is 2.26 bits per heavy atom. The topological polar surface area (TPSA) is 114 Å². The number of aromatic amines is 1. The predicted octanol–water partition coefficient (Wildman–Crippen LogP) is -0.124. The Morgan fingerprint density at radius 3 is 2.91 bits per heavy atom. The van der Waals surface area contributed by atoms with Crippen molar-refractivity contribution in [1.82, 2.24) is 9.55 Å². The molecule has 0 saturated carbocycles. The molecule has 1 aliphatic heterocycles. The molecule has 2 unspecified atom stereocenters. The molecule has 1 saturated heterocycles. The highest BCUT2D eigenvalue weighted by Crippen LogP contribution is 2.30. The van der Waals surface area contributed by atoms with Gasteiger partial charge in [0.2, 0.25) is 0 Å². The van der Waals surface area contributed by atoms with Crippen molar-refractivity contribution in [3.63, 3.8) is 0 Å². The number of nitrogens with zero attached hydrogens (tertiary/aromatic N) is 1. The van der Waals surface area contributed by atoms with E-state index < -0.39 is 35.8 Å². The van der Waals surface area contributed by atoms with Gasteiger partial charge in [0.05, 0.1) is 12.9 Å². The van der Waals surface area contributed by atoms with E-state index in [0.717, 1.165) is 29.9 Å². The molecule has 3 N–H and O–H groups in total. The lowest BCUT2D eigenvalue weighted by molar-refractivity contribution is -0.0554. The minimum atomic E-state index is -1.16. The fourth-order valence-corrected chi connectivity index (χ4v) is 2.43. The maximum Gasteiger partial charge on any atom is 0.330 e. The van der Waals surface area contributed by atoms with Crippen molar-refractivity contribution in [3.8, 4) is 0 Å². The van der Waals surface area contributed by atoms with E-state index in [1.807, 2.05) is 6.08 Å². The van der Waals surface area contributed by atoms with Crippen molar-refractivity contribution in [2.24, 2.45) is 0 Å². The third kappa shape index (κ3) is 4.10. The Morgan fingerprint density at radius 1 is 1.48 bits per heavy atom. The molecule has 0 aromatic carbocycles. The lowest BCUT2D eigenvalue weighted by atomic mass is 10.1. The molecule has 8 heteroatoms. The highest BCUT2D eigenvalue weighted by molar-refractivity contribution is 4.95. The summed E-state index contributed by atoms with van der Waals surface area (Å²) in [5.74, 6) is 0. The van der Waals surface area contributed by atoms with E-state index in [1.54, 1.807) is 0 Å². The number of hydrogen-bond acceptors (Lipinski definition) is 6. The summed E-state index contributed by atoms with van der Waals surface area (Å²) in [7, 11) is 0. The average molecular weight is 326 g/mol. The van der Waals surface area contributed by atoms with Crippen molar-refractivity contribution < 1.29 is 19.7 Å². The number of H-pyrrole nitrogens is 1. The molecule has 0 radical (unpaired) electrons. The number of ether oxygens (including phenoxy) is 2. The van der Waals surface area contributed by atoms with Gasteiger partial charge in [0.1, 0.15) is 12.2 Å². The number of hydrogen-bond donors (Lipinski definition) is 3. The maximum atomic E-state index is 11.8. The highest BCUT2D eigenvalue weighted by atomic mass is 16.6. The number of nitrogens with one attached hydrogen (secondary N) is 1. The Labute approximate surface area is 133 Å². The first-order valence-corrected chi connectivity index (χ1v) is 7.64. The fraction of sp³-hybridized carbons (Fsp3) is 0.600.